The van der Waals surface area contributed by atoms with E-state index >= 15 is 0 Å². The molecule has 0 spiro atoms. The molecule has 2 aromatic rings. The van der Waals surface area contributed by atoms with Crippen molar-refractivity contribution in [1.82, 2.24) is 0 Å². The van der Waals surface area contributed by atoms with Crippen LogP contribution in [0.2, 0.25) is 5.02 Å². The van der Waals surface area contributed by atoms with Gasteiger partial charge in [-0.2, -0.15) is 0 Å². The standard InChI is InChI=1S/C16H12ClNO/c17-12-7-5-10(6-8-12)15-14-9-11-3-1-2-4-13(11)16(14)19-18-15/h1-8,14,16H,9H2/t14-,16-/m1/s1. The Morgan fingerprint density at radius 1 is 1.05 bits per heavy atom. The van der Waals surface area contributed by atoms with Crippen molar-refractivity contribution in [3.63, 3.8) is 0 Å². The van der Waals surface area contributed by atoms with Crippen LogP contribution in [0.4, 0.5) is 0 Å². The first-order valence-corrected chi connectivity index (χ1v) is 6.78. The van der Waals surface area contributed by atoms with Gasteiger partial charge in [0, 0.05) is 5.02 Å². The third-order valence-corrected chi connectivity index (χ3v) is 4.17. The van der Waals surface area contributed by atoms with Crippen molar-refractivity contribution in [2.45, 2.75) is 12.5 Å². The molecule has 0 fully saturated rings. The maximum atomic E-state index is 5.93. The lowest BCUT2D eigenvalue weighted by molar-refractivity contribution is 0.0697. The summed E-state index contributed by atoms with van der Waals surface area (Å²) >= 11 is 5.93. The molecule has 0 amide bonds. The molecule has 0 saturated carbocycles. The molecule has 19 heavy (non-hydrogen) atoms. The highest BCUT2D eigenvalue weighted by atomic mass is 35.5. The predicted molar refractivity (Wildman–Crippen MR) is 75.5 cm³/mol. The van der Waals surface area contributed by atoms with E-state index in [1.807, 2.05) is 24.3 Å². The van der Waals surface area contributed by atoms with Gasteiger partial charge in [-0.3, -0.25) is 0 Å². The molecule has 0 N–H and O–H groups in total. The monoisotopic (exact) mass is 269 g/mol. The third-order valence-electron chi connectivity index (χ3n) is 3.92. The van der Waals surface area contributed by atoms with Crippen molar-refractivity contribution in [3.8, 4) is 0 Å². The van der Waals surface area contributed by atoms with Gasteiger partial charge in [0.1, 0.15) is 0 Å². The SMILES string of the molecule is Clc1ccc(C2=NO[C@@H]3c4ccccc4C[C@H]23)cc1. The van der Waals surface area contributed by atoms with Crippen LogP contribution < -0.4 is 0 Å². The van der Waals surface area contributed by atoms with E-state index in [0.29, 0.717) is 5.92 Å². The van der Waals surface area contributed by atoms with Crippen LogP contribution in [0, 0.1) is 5.92 Å². The Bertz CT molecular complexity index is 663. The average molecular weight is 270 g/mol. The fourth-order valence-corrected chi connectivity index (χ4v) is 3.12. The molecule has 2 atom stereocenters. The summed E-state index contributed by atoms with van der Waals surface area (Å²) in [5.41, 5.74) is 4.79. The van der Waals surface area contributed by atoms with Crippen LogP contribution in [0.5, 0.6) is 0 Å². The van der Waals surface area contributed by atoms with Crippen LogP contribution in [0.15, 0.2) is 53.7 Å². The Morgan fingerprint density at radius 3 is 2.68 bits per heavy atom. The minimum absolute atomic E-state index is 0.0851. The van der Waals surface area contributed by atoms with Gasteiger partial charge in [-0.05, 0) is 35.2 Å². The van der Waals surface area contributed by atoms with Crippen molar-refractivity contribution in [3.05, 3.63) is 70.2 Å². The average Bonchev–Trinajstić information content (AvgIpc) is 2.98. The summed E-state index contributed by atoms with van der Waals surface area (Å²) < 4.78 is 0. The lowest BCUT2D eigenvalue weighted by Gasteiger charge is -2.09. The number of halogens is 1. The highest BCUT2D eigenvalue weighted by Gasteiger charge is 2.42. The summed E-state index contributed by atoms with van der Waals surface area (Å²) in [5.74, 6) is 0.332. The summed E-state index contributed by atoms with van der Waals surface area (Å²) in [5, 5.41) is 5.04. The van der Waals surface area contributed by atoms with Gasteiger partial charge < -0.3 is 4.84 Å². The Hall–Kier alpha value is -1.80. The number of oxime groups is 1. The molecule has 2 nitrogen and oxygen atoms in total. The largest absolute Gasteiger partial charge is 0.387 e. The lowest BCUT2D eigenvalue weighted by atomic mass is 9.93. The zero-order chi connectivity index (χ0) is 12.8. The number of nitrogens with zero attached hydrogens (tertiary/aromatic N) is 1. The molecule has 1 aliphatic carbocycles. The smallest absolute Gasteiger partial charge is 0.161 e. The molecule has 2 aliphatic rings. The van der Waals surface area contributed by atoms with Crippen molar-refractivity contribution in [2.24, 2.45) is 11.1 Å². The molecule has 0 radical (unpaired) electrons. The summed E-state index contributed by atoms with van der Waals surface area (Å²) in [4.78, 5) is 5.66. The molecule has 4 rings (SSSR count). The zero-order valence-electron chi connectivity index (χ0n) is 10.2. The molecule has 0 aromatic heterocycles. The molecule has 3 heteroatoms. The van der Waals surface area contributed by atoms with E-state index < -0.39 is 0 Å². The molecule has 94 valence electrons. The van der Waals surface area contributed by atoms with Crippen LogP contribution in [-0.4, -0.2) is 5.71 Å². The molecule has 1 aliphatic heterocycles. The number of rotatable bonds is 1. The quantitative estimate of drug-likeness (QED) is 0.767. The Labute approximate surface area is 116 Å². The van der Waals surface area contributed by atoms with E-state index in [0.717, 1.165) is 22.7 Å². The van der Waals surface area contributed by atoms with Crippen molar-refractivity contribution in [2.75, 3.05) is 0 Å². The molecule has 2 aromatic carbocycles. The van der Waals surface area contributed by atoms with Crippen molar-refractivity contribution < 1.29 is 4.84 Å². The van der Waals surface area contributed by atoms with Crippen molar-refractivity contribution in [1.29, 1.82) is 0 Å². The number of hydrogen-bond acceptors (Lipinski definition) is 2. The van der Waals surface area contributed by atoms with E-state index in [2.05, 4.69) is 29.4 Å². The third kappa shape index (κ3) is 1.67. The maximum absolute atomic E-state index is 5.93. The highest BCUT2D eigenvalue weighted by Crippen LogP contribution is 2.44. The molecular formula is C16H12ClNO. The minimum Gasteiger partial charge on any atom is -0.387 e. The van der Waals surface area contributed by atoms with Crippen LogP contribution >= 0.6 is 11.6 Å². The Kier molecular flexibility index (Phi) is 2.39. The minimum atomic E-state index is 0.0851. The second-order valence-electron chi connectivity index (χ2n) is 5.02. The molecule has 0 unspecified atom stereocenters. The first-order valence-electron chi connectivity index (χ1n) is 6.40. The van der Waals surface area contributed by atoms with Gasteiger partial charge in [0.15, 0.2) is 6.10 Å². The van der Waals surface area contributed by atoms with E-state index in [9.17, 15) is 0 Å². The second-order valence-corrected chi connectivity index (χ2v) is 5.46. The van der Waals surface area contributed by atoms with Gasteiger partial charge in [-0.15, -0.1) is 0 Å². The van der Waals surface area contributed by atoms with Gasteiger partial charge >= 0.3 is 0 Å². The number of hydrogen-bond donors (Lipinski definition) is 0. The first-order chi connectivity index (χ1) is 9.33. The molecule has 0 bridgehead atoms. The van der Waals surface area contributed by atoms with E-state index in [1.165, 1.54) is 11.1 Å². The summed E-state index contributed by atoms with van der Waals surface area (Å²) in [7, 11) is 0. The highest BCUT2D eigenvalue weighted by molar-refractivity contribution is 6.30. The zero-order valence-corrected chi connectivity index (χ0v) is 11.0. The number of benzene rings is 2. The number of fused-ring (bicyclic) bond motifs is 3. The van der Waals surface area contributed by atoms with E-state index in [4.69, 9.17) is 16.4 Å². The fraction of sp³-hybridized carbons (Fsp3) is 0.188. The fourth-order valence-electron chi connectivity index (χ4n) is 3.00. The molecule has 0 saturated heterocycles. The van der Waals surface area contributed by atoms with Gasteiger partial charge in [-0.1, -0.05) is 53.2 Å². The summed E-state index contributed by atoms with van der Waals surface area (Å²) in [6.07, 6.45) is 1.09. The Morgan fingerprint density at radius 2 is 1.84 bits per heavy atom. The first kappa shape index (κ1) is 11.1. The Balaban J connectivity index is 1.70. The normalized spacial score (nSPS) is 23.5. The van der Waals surface area contributed by atoms with Gasteiger partial charge in [-0.25, -0.2) is 0 Å². The molecular weight excluding hydrogens is 258 g/mol. The van der Waals surface area contributed by atoms with Crippen LogP contribution in [-0.2, 0) is 11.3 Å². The topological polar surface area (TPSA) is 21.6 Å². The van der Waals surface area contributed by atoms with Crippen molar-refractivity contribution >= 4 is 17.3 Å². The molecule has 1 heterocycles. The van der Waals surface area contributed by atoms with Crippen LogP contribution in [0.3, 0.4) is 0 Å². The lowest BCUT2D eigenvalue weighted by Crippen LogP contribution is -2.14. The predicted octanol–water partition coefficient (Wildman–Crippen LogP) is 3.99. The maximum Gasteiger partial charge on any atom is 0.161 e. The van der Waals surface area contributed by atoms with E-state index in [1.54, 1.807) is 0 Å². The van der Waals surface area contributed by atoms with E-state index in [-0.39, 0.29) is 6.10 Å². The summed E-state index contributed by atoms with van der Waals surface area (Å²) in [6, 6.07) is 16.3. The summed E-state index contributed by atoms with van der Waals surface area (Å²) in [6.45, 7) is 0. The van der Waals surface area contributed by atoms with Crippen LogP contribution in [0.25, 0.3) is 0 Å². The van der Waals surface area contributed by atoms with Gasteiger partial charge in [0.25, 0.3) is 0 Å². The van der Waals surface area contributed by atoms with Gasteiger partial charge in [0.2, 0.25) is 0 Å². The second kappa shape index (κ2) is 4.10. The van der Waals surface area contributed by atoms with Crippen LogP contribution in [0.1, 0.15) is 22.8 Å². The van der Waals surface area contributed by atoms with Gasteiger partial charge in [0.05, 0.1) is 11.6 Å².